The average Bonchev–Trinajstić information content (AvgIpc) is 3.71. The molecule has 4 nitrogen and oxygen atoms in total. The number of rotatable bonds is 5. The van der Waals surface area contributed by atoms with Crippen LogP contribution < -0.4 is 0 Å². The Morgan fingerprint density at radius 3 is 1.24 bits per heavy atom. The van der Waals surface area contributed by atoms with Crippen LogP contribution in [0.4, 0.5) is 0 Å². The van der Waals surface area contributed by atoms with Gasteiger partial charge in [-0.2, -0.15) is 0 Å². The monoisotopic (exact) mass is 646 g/mol. The van der Waals surface area contributed by atoms with Gasteiger partial charge in [0.25, 0.3) is 0 Å². The molecule has 8 aromatic rings. The quantitative estimate of drug-likeness (QED) is 0.174. The standard InChI is InChI=1S/C46H38N4/c1-3-16-31(17-4-1)33-24-15-25-34(32-18-5-2-6-19-32)45(33)46-47-43(49-39-26-11-7-20-35(39)36-21-8-12-27-40(36)49)30-44(48-46)50-41-28-13-9-22-37(41)38-23-10-14-29-42(38)50/h3,5,7-16,18,20-32H,1-2,4,6,17,19H2. The van der Waals surface area contributed by atoms with E-state index in [0.29, 0.717) is 11.8 Å². The van der Waals surface area contributed by atoms with Crippen LogP contribution in [0, 0.1) is 0 Å². The Kier molecular flexibility index (Phi) is 7.00. The van der Waals surface area contributed by atoms with E-state index in [-0.39, 0.29) is 0 Å². The van der Waals surface area contributed by atoms with Crippen molar-refractivity contribution in [3.8, 4) is 23.0 Å². The van der Waals surface area contributed by atoms with E-state index in [1.165, 1.54) is 51.1 Å². The molecule has 2 aliphatic rings. The lowest BCUT2D eigenvalue weighted by atomic mass is 9.80. The van der Waals surface area contributed by atoms with Crippen LogP contribution in [0.2, 0.25) is 0 Å². The molecular formula is C46H38N4. The van der Waals surface area contributed by atoms with Gasteiger partial charge in [-0.3, -0.25) is 9.13 Å². The first-order chi connectivity index (χ1) is 24.8. The summed E-state index contributed by atoms with van der Waals surface area (Å²) in [5, 5.41) is 4.90. The highest BCUT2D eigenvalue weighted by molar-refractivity contribution is 6.10. The lowest BCUT2D eigenvalue weighted by Gasteiger charge is -2.26. The van der Waals surface area contributed by atoms with Gasteiger partial charge in [-0.1, -0.05) is 115 Å². The molecule has 2 unspecified atom stereocenters. The first-order valence-corrected chi connectivity index (χ1v) is 18.2. The maximum atomic E-state index is 5.62. The minimum Gasteiger partial charge on any atom is -0.294 e. The number of para-hydroxylation sites is 4. The second kappa shape index (κ2) is 12.0. The van der Waals surface area contributed by atoms with E-state index in [2.05, 4.69) is 155 Å². The van der Waals surface area contributed by atoms with Crippen molar-refractivity contribution in [1.82, 2.24) is 19.1 Å². The Bertz CT molecular complexity index is 2350. The Morgan fingerprint density at radius 2 is 0.860 bits per heavy atom. The molecule has 50 heavy (non-hydrogen) atoms. The van der Waals surface area contributed by atoms with E-state index < -0.39 is 0 Å². The van der Waals surface area contributed by atoms with Gasteiger partial charge in [0.2, 0.25) is 0 Å². The van der Waals surface area contributed by atoms with Crippen LogP contribution in [-0.2, 0) is 0 Å². The third kappa shape index (κ3) is 4.66. The molecule has 0 bridgehead atoms. The molecule has 10 rings (SSSR count). The molecule has 0 N–H and O–H groups in total. The Hall–Kier alpha value is -5.74. The second-order valence-electron chi connectivity index (χ2n) is 13.9. The first-order valence-electron chi connectivity index (χ1n) is 18.2. The van der Waals surface area contributed by atoms with Crippen LogP contribution in [0.25, 0.3) is 66.6 Å². The maximum Gasteiger partial charge on any atom is 0.164 e. The predicted octanol–water partition coefficient (Wildman–Crippen LogP) is 12.0. The van der Waals surface area contributed by atoms with Crippen LogP contribution in [0.15, 0.2) is 146 Å². The second-order valence-corrected chi connectivity index (χ2v) is 13.9. The summed E-state index contributed by atoms with van der Waals surface area (Å²) in [6.07, 6.45) is 16.5. The van der Waals surface area contributed by atoms with Crippen LogP contribution >= 0.6 is 0 Å². The third-order valence-corrected chi connectivity index (χ3v) is 11.0. The number of fused-ring (bicyclic) bond motifs is 6. The highest BCUT2D eigenvalue weighted by atomic mass is 15.1. The highest BCUT2D eigenvalue weighted by Crippen LogP contribution is 2.42. The van der Waals surface area contributed by atoms with Crippen LogP contribution in [-0.4, -0.2) is 19.1 Å². The number of aromatic nitrogens is 4. The summed E-state index contributed by atoms with van der Waals surface area (Å²) in [6.45, 7) is 0. The summed E-state index contributed by atoms with van der Waals surface area (Å²) < 4.78 is 4.69. The van der Waals surface area contributed by atoms with E-state index in [0.717, 1.165) is 65.2 Å². The fraction of sp³-hybridized carbons (Fsp3) is 0.174. The van der Waals surface area contributed by atoms with Gasteiger partial charge in [-0.15, -0.1) is 0 Å². The molecule has 0 aliphatic heterocycles. The predicted molar refractivity (Wildman–Crippen MR) is 208 cm³/mol. The zero-order valence-corrected chi connectivity index (χ0v) is 28.0. The summed E-state index contributed by atoms with van der Waals surface area (Å²) in [5.41, 5.74) is 8.45. The third-order valence-electron chi connectivity index (χ3n) is 11.0. The molecule has 3 heterocycles. The van der Waals surface area contributed by atoms with E-state index >= 15 is 0 Å². The van der Waals surface area contributed by atoms with E-state index in [9.17, 15) is 0 Å². The van der Waals surface area contributed by atoms with Crippen molar-refractivity contribution in [1.29, 1.82) is 0 Å². The first kappa shape index (κ1) is 29.2. The molecule has 4 heteroatoms. The van der Waals surface area contributed by atoms with Gasteiger partial charge in [-0.05, 0) is 73.9 Å². The van der Waals surface area contributed by atoms with Gasteiger partial charge >= 0.3 is 0 Å². The largest absolute Gasteiger partial charge is 0.294 e. The zero-order valence-electron chi connectivity index (χ0n) is 28.0. The van der Waals surface area contributed by atoms with E-state index in [1.54, 1.807) is 0 Å². The van der Waals surface area contributed by atoms with Crippen LogP contribution in [0.1, 0.15) is 61.5 Å². The maximum absolute atomic E-state index is 5.62. The van der Waals surface area contributed by atoms with Gasteiger partial charge in [0, 0.05) is 45.0 Å². The summed E-state index contributed by atoms with van der Waals surface area (Å²) in [7, 11) is 0. The fourth-order valence-electron chi connectivity index (χ4n) is 8.71. The van der Waals surface area contributed by atoms with Gasteiger partial charge in [0.1, 0.15) is 11.6 Å². The molecule has 0 amide bonds. The Morgan fingerprint density at radius 1 is 0.460 bits per heavy atom. The van der Waals surface area contributed by atoms with Crippen LogP contribution in [0.3, 0.4) is 0 Å². The molecule has 0 radical (unpaired) electrons. The highest BCUT2D eigenvalue weighted by Gasteiger charge is 2.26. The molecule has 3 aromatic heterocycles. The number of nitrogens with zero attached hydrogens (tertiary/aromatic N) is 4. The minimum atomic E-state index is 0.337. The molecule has 2 atom stereocenters. The summed E-state index contributed by atoms with van der Waals surface area (Å²) >= 11 is 0. The molecule has 0 saturated carbocycles. The topological polar surface area (TPSA) is 35.6 Å². The van der Waals surface area contributed by atoms with Crippen molar-refractivity contribution in [2.45, 2.75) is 50.4 Å². The molecule has 0 saturated heterocycles. The van der Waals surface area contributed by atoms with E-state index in [1.807, 2.05) is 0 Å². The lowest BCUT2D eigenvalue weighted by Crippen LogP contribution is -2.11. The SMILES string of the molecule is C1=CC(c2cccc(C3C=CCCC3)c2-c2nc(-n3c4ccccc4c4ccccc43)cc(-n3c4ccccc4c4ccccc43)n2)CCC1. The summed E-state index contributed by atoms with van der Waals surface area (Å²) in [5.74, 6) is 3.23. The van der Waals surface area contributed by atoms with Gasteiger partial charge in [0.05, 0.1) is 22.1 Å². The van der Waals surface area contributed by atoms with Crippen molar-refractivity contribution in [2.75, 3.05) is 0 Å². The molecule has 2 aliphatic carbocycles. The molecule has 5 aromatic carbocycles. The van der Waals surface area contributed by atoms with Crippen molar-refractivity contribution in [2.24, 2.45) is 0 Å². The summed E-state index contributed by atoms with van der Waals surface area (Å²) in [4.78, 5) is 11.2. The molecule has 0 fully saturated rings. The van der Waals surface area contributed by atoms with Gasteiger partial charge in [0.15, 0.2) is 5.82 Å². The Balaban J connectivity index is 1.33. The van der Waals surface area contributed by atoms with Crippen LogP contribution in [0.5, 0.6) is 0 Å². The molecule has 0 spiro atoms. The van der Waals surface area contributed by atoms with Gasteiger partial charge in [-0.25, -0.2) is 9.97 Å². The number of hydrogen-bond donors (Lipinski definition) is 0. The smallest absolute Gasteiger partial charge is 0.164 e. The minimum absolute atomic E-state index is 0.337. The lowest BCUT2D eigenvalue weighted by molar-refractivity contribution is 0.643. The molecular weight excluding hydrogens is 609 g/mol. The zero-order chi connectivity index (χ0) is 33.0. The normalized spacial score (nSPS) is 17.8. The fourth-order valence-corrected chi connectivity index (χ4v) is 8.71. The number of benzene rings is 5. The van der Waals surface area contributed by atoms with Crippen molar-refractivity contribution in [3.63, 3.8) is 0 Å². The van der Waals surface area contributed by atoms with Crippen molar-refractivity contribution < 1.29 is 0 Å². The van der Waals surface area contributed by atoms with Crippen molar-refractivity contribution in [3.05, 3.63) is 157 Å². The average molecular weight is 647 g/mol. The number of allylic oxidation sites excluding steroid dienone is 4. The number of hydrogen-bond acceptors (Lipinski definition) is 2. The van der Waals surface area contributed by atoms with Crippen molar-refractivity contribution >= 4 is 43.6 Å². The summed E-state index contributed by atoms with van der Waals surface area (Å²) in [6, 6.07) is 44.0. The Labute approximate surface area is 292 Å². The molecule has 242 valence electrons. The van der Waals surface area contributed by atoms with E-state index in [4.69, 9.17) is 9.97 Å². The van der Waals surface area contributed by atoms with Gasteiger partial charge < -0.3 is 0 Å².